The second kappa shape index (κ2) is 4.29. The number of ether oxygens (including phenoxy) is 1. The van der Waals surface area contributed by atoms with E-state index in [1.54, 1.807) is 0 Å². The van der Waals surface area contributed by atoms with Crippen molar-refractivity contribution in [3.05, 3.63) is 0 Å². The Morgan fingerprint density at radius 3 is 2.64 bits per heavy atom. The maximum absolute atomic E-state index is 5.66. The third kappa shape index (κ3) is 2.62. The molecule has 1 N–H and O–H groups in total. The molecule has 1 heterocycles. The quantitative estimate of drug-likeness (QED) is 0.650. The minimum Gasteiger partial charge on any atom is -0.377 e. The van der Waals surface area contributed by atoms with Crippen LogP contribution in [0.15, 0.2) is 0 Å². The lowest BCUT2D eigenvalue weighted by Crippen LogP contribution is -2.16. The summed E-state index contributed by atoms with van der Waals surface area (Å²) < 4.78 is 5.66. The molecular formula is C8H16ClNO. The molecule has 1 saturated carbocycles. The average molecular weight is 178 g/mol. The zero-order chi connectivity index (χ0) is 6.81. The number of nitrogens with one attached hydrogen (secondary N) is 1. The Bertz CT molecular complexity index is 109. The molecule has 1 unspecified atom stereocenters. The number of rotatable bonds is 1. The summed E-state index contributed by atoms with van der Waals surface area (Å²) in [6.45, 7) is 3.12. The van der Waals surface area contributed by atoms with Gasteiger partial charge in [-0.2, -0.15) is 0 Å². The first-order valence-electron chi connectivity index (χ1n) is 4.29. The molecule has 0 radical (unpaired) electrons. The topological polar surface area (TPSA) is 21.3 Å². The number of halogens is 1. The van der Waals surface area contributed by atoms with E-state index >= 15 is 0 Å². The molecule has 11 heavy (non-hydrogen) atoms. The second-order valence-electron chi connectivity index (χ2n) is 3.29. The average Bonchev–Trinajstić information content (AvgIpc) is 2.76. The molecule has 2 fully saturated rings. The molecule has 1 atom stereocenters. The van der Waals surface area contributed by atoms with E-state index < -0.39 is 0 Å². The largest absolute Gasteiger partial charge is 0.377 e. The van der Waals surface area contributed by atoms with Crippen LogP contribution in [0.25, 0.3) is 0 Å². The van der Waals surface area contributed by atoms with E-state index in [-0.39, 0.29) is 12.4 Å². The fraction of sp³-hybridized carbons (Fsp3) is 1.00. The molecule has 2 rings (SSSR count). The predicted molar refractivity (Wildman–Crippen MR) is 47.2 cm³/mol. The van der Waals surface area contributed by atoms with Crippen molar-refractivity contribution in [1.29, 1.82) is 0 Å². The Labute approximate surface area is 74.1 Å². The molecular weight excluding hydrogens is 162 g/mol. The maximum atomic E-state index is 5.66. The van der Waals surface area contributed by atoms with Crippen molar-refractivity contribution in [2.24, 2.45) is 5.92 Å². The first-order chi connectivity index (χ1) is 4.97. The highest BCUT2D eigenvalue weighted by atomic mass is 35.5. The first kappa shape index (κ1) is 9.30. The van der Waals surface area contributed by atoms with Gasteiger partial charge in [0.25, 0.3) is 0 Å². The van der Waals surface area contributed by atoms with Gasteiger partial charge in [-0.1, -0.05) is 0 Å². The van der Waals surface area contributed by atoms with Crippen LogP contribution >= 0.6 is 12.4 Å². The smallest absolute Gasteiger partial charge is 0.0616 e. The highest BCUT2D eigenvalue weighted by Gasteiger charge is 2.31. The highest BCUT2D eigenvalue weighted by Crippen LogP contribution is 2.35. The summed E-state index contributed by atoms with van der Waals surface area (Å²) in [6.07, 6.45) is 4.63. The van der Waals surface area contributed by atoms with E-state index in [2.05, 4.69) is 5.32 Å². The van der Waals surface area contributed by atoms with Crippen LogP contribution in [0.3, 0.4) is 0 Å². The molecule has 0 aromatic carbocycles. The van der Waals surface area contributed by atoms with Crippen LogP contribution in [-0.4, -0.2) is 25.8 Å². The Hall–Kier alpha value is 0.210. The van der Waals surface area contributed by atoms with Crippen LogP contribution in [0.5, 0.6) is 0 Å². The highest BCUT2D eigenvalue weighted by molar-refractivity contribution is 5.85. The summed E-state index contributed by atoms with van der Waals surface area (Å²) in [5.41, 5.74) is 0. The van der Waals surface area contributed by atoms with Crippen molar-refractivity contribution in [2.45, 2.75) is 25.4 Å². The third-order valence-corrected chi connectivity index (χ3v) is 2.36. The Morgan fingerprint density at radius 1 is 1.09 bits per heavy atom. The Balaban J connectivity index is 0.000000605. The molecule has 1 aliphatic carbocycles. The summed E-state index contributed by atoms with van der Waals surface area (Å²) in [5, 5.41) is 3.33. The first-order valence-corrected chi connectivity index (χ1v) is 4.29. The van der Waals surface area contributed by atoms with Crippen LogP contribution in [-0.2, 0) is 4.74 Å². The predicted octanol–water partition coefficient (Wildman–Crippen LogP) is 1.20. The van der Waals surface area contributed by atoms with Crippen molar-refractivity contribution in [3.8, 4) is 0 Å². The fourth-order valence-electron chi connectivity index (χ4n) is 1.57. The van der Waals surface area contributed by atoms with Crippen LogP contribution in [0.4, 0.5) is 0 Å². The van der Waals surface area contributed by atoms with Gasteiger partial charge in [0, 0.05) is 6.54 Å². The molecule has 0 bridgehead atoms. The van der Waals surface area contributed by atoms with Gasteiger partial charge in [-0.15, -0.1) is 12.4 Å². The van der Waals surface area contributed by atoms with E-state index in [1.165, 1.54) is 19.3 Å². The van der Waals surface area contributed by atoms with Crippen molar-refractivity contribution in [3.63, 3.8) is 0 Å². The molecule has 0 aromatic rings. The van der Waals surface area contributed by atoms with E-state index in [9.17, 15) is 0 Å². The van der Waals surface area contributed by atoms with Crippen molar-refractivity contribution in [2.75, 3.05) is 19.7 Å². The maximum Gasteiger partial charge on any atom is 0.0616 e. The Morgan fingerprint density at radius 2 is 1.91 bits per heavy atom. The molecule has 2 nitrogen and oxygen atoms in total. The second-order valence-corrected chi connectivity index (χ2v) is 3.29. The van der Waals surface area contributed by atoms with Gasteiger partial charge in [-0.3, -0.25) is 0 Å². The zero-order valence-electron chi connectivity index (χ0n) is 6.71. The summed E-state index contributed by atoms with van der Waals surface area (Å²) in [4.78, 5) is 0. The van der Waals surface area contributed by atoms with Gasteiger partial charge in [0.15, 0.2) is 0 Å². The molecule has 1 saturated heterocycles. The van der Waals surface area contributed by atoms with E-state index in [0.29, 0.717) is 6.10 Å². The van der Waals surface area contributed by atoms with Crippen molar-refractivity contribution >= 4 is 12.4 Å². The van der Waals surface area contributed by atoms with Gasteiger partial charge >= 0.3 is 0 Å². The molecule has 0 aromatic heterocycles. The van der Waals surface area contributed by atoms with Gasteiger partial charge in [-0.25, -0.2) is 0 Å². The van der Waals surface area contributed by atoms with Crippen LogP contribution in [0, 0.1) is 5.92 Å². The number of hydrogen-bond acceptors (Lipinski definition) is 2. The monoisotopic (exact) mass is 177 g/mol. The normalized spacial score (nSPS) is 32.2. The minimum absolute atomic E-state index is 0. The molecule has 0 spiro atoms. The van der Waals surface area contributed by atoms with Crippen molar-refractivity contribution < 1.29 is 4.74 Å². The molecule has 66 valence electrons. The lowest BCUT2D eigenvalue weighted by Gasteiger charge is -2.11. The lowest BCUT2D eigenvalue weighted by atomic mass is 10.2. The van der Waals surface area contributed by atoms with E-state index in [4.69, 9.17) is 4.74 Å². The SMILES string of the molecule is C1COC(C2CC2)CCN1.Cl. The van der Waals surface area contributed by atoms with Gasteiger partial charge in [-0.05, 0) is 31.7 Å². The zero-order valence-corrected chi connectivity index (χ0v) is 7.53. The molecule has 1 aliphatic heterocycles. The summed E-state index contributed by atoms with van der Waals surface area (Å²) >= 11 is 0. The Kier molecular flexibility index (Phi) is 3.63. The fourth-order valence-corrected chi connectivity index (χ4v) is 1.57. The van der Waals surface area contributed by atoms with Gasteiger partial charge in [0.2, 0.25) is 0 Å². The van der Waals surface area contributed by atoms with E-state index in [1.807, 2.05) is 0 Å². The third-order valence-electron chi connectivity index (χ3n) is 2.36. The molecule has 3 heteroatoms. The van der Waals surface area contributed by atoms with E-state index in [0.717, 1.165) is 25.6 Å². The van der Waals surface area contributed by atoms with Gasteiger partial charge in [0.05, 0.1) is 12.7 Å². The standard InChI is InChI=1S/C8H15NO.ClH/c1-2-7(1)8-3-4-9-5-6-10-8;/h7-9H,1-6H2;1H. The van der Waals surface area contributed by atoms with Gasteiger partial charge < -0.3 is 10.1 Å². The summed E-state index contributed by atoms with van der Waals surface area (Å²) in [7, 11) is 0. The summed E-state index contributed by atoms with van der Waals surface area (Å²) in [5.74, 6) is 0.917. The van der Waals surface area contributed by atoms with Gasteiger partial charge in [0.1, 0.15) is 0 Å². The van der Waals surface area contributed by atoms with Crippen LogP contribution in [0.2, 0.25) is 0 Å². The molecule has 2 aliphatic rings. The minimum atomic E-state index is 0. The van der Waals surface area contributed by atoms with Crippen molar-refractivity contribution in [1.82, 2.24) is 5.32 Å². The molecule has 0 amide bonds. The lowest BCUT2D eigenvalue weighted by molar-refractivity contribution is 0.0492. The van der Waals surface area contributed by atoms with Crippen LogP contribution in [0.1, 0.15) is 19.3 Å². The summed E-state index contributed by atoms with van der Waals surface area (Å²) in [6, 6.07) is 0. The number of hydrogen-bond donors (Lipinski definition) is 1. The van der Waals surface area contributed by atoms with Crippen LogP contribution < -0.4 is 5.32 Å².